The third kappa shape index (κ3) is 6.84. The number of amides is 1. The van der Waals surface area contributed by atoms with Crippen molar-refractivity contribution in [2.75, 3.05) is 58.1 Å². The van der Waals surface area contributed by atoms with Crippen molar-refractivity contribution >= 4 is 15.9 Å². The monoisotopic (exact) mass is 374 g/mol. The Bertz CT molecular complexity index is 498. The Morgan fingerprint density at radius 3 is 2.44 bits per heavy atom. The van der Waals surface area contributed by atoms with E-state index in [9.17, 15) is 13.2 Å². The number of carbonyl (C=O) groups is 1. The highest BCUT2D eigenvalue weighted by Gasteiger charge is 2.30. The van der Waals surface area contributed by atoms with Crippen LogP contribution in [-0.4, -0.2) is 81.6 Å². The molecule has 8 heteroatoms. The first-order chi connectivity index (χ1) is 12.0. The van der Waals surface area contributed by atoms with E-state index in [1.807, 2.05) is 6.92 Å². The molecule has 2 aliphatic rings. The number of hydrogen-bond acceptors (Lipinski definition) is 5. The van der Waals surface area contributed by atoms with E-state index in [0.29, 0.717) is 38.9 Å². The number of rotatable bonds is 9. The molecule has 0 bridgehead atoms. The maximum atomic E-state index is 12.3. The van der Waals surface area contributed by atoms with E-state index in [-0.39, 0.29) is 17.6 Å². The standard InChI is InChI=1S/C17H34N4O3S/c1-2-3-15-25(23,24)21-11-5-16(6-12-21)17(22)19-7-4-10-20-13-8-18-9-14-20/h16,18H,2-15H2,1H3,(H,19,22). The fourth-order valence-corrected chi connectivity index (χ4v) is 5.12. The van der Waals surface area contributed by atoms with Gasteiger partial charge in [-0.05, 0) is 32.2 Å². The average molecular weight is 375 g/mol. The van der Waals surface area contributed by atoms with Crippen LogP contribution in [0.5, 0.6) is 0 Å². The quantitative estimate of drug-likeness (QED) is 0.565. The van der Waals surface area contributed by atoms with Crippen molar-refractivity contribution in [1.82, 2.24) is 19.8 Å². The van der Waals surface area contributed by atoms with E-state index < -0.39 is 10.0 Å². The van der Waals surface area contributed by atoms with E-state index in [1.165, 1.54) is 0 Å². The second-order valence-electron chi connectivity index (χ2n) is 7.08. The summed E-state index contributed by atoms with van der Waals surface area (Å²) in [6, 6.07) is 0. The topological polar surface area (TPSA) is 81.8 Å². The van der Waals surface area contributed by atoms with E-state index >= 15 is 0 Å². The van der Waals surface area contributed by atoms with Gasteiger partial charge in [-0.25, -0.2) is 12.7 Å². The molecule has 0 aromatic rings. The first kappa shape index (κ1) is 20.6. The maximum Gasteiger partial charge on any atom is 0.223 e. The van der Waals surface area contributed by atoms with Gasteiger partial charge in [0.2, 0.25) is 15.9 Å². The number of piperidine rings is 1. The molecule has 7 nitrogen and oxygen atoms in total. The van der Waals surface area contributed by atoms with Crippen molar-refractivity contribution in [2.45, 2.75) is 39.0 Å². The number of nitrogens with zero attached hydrogens (tertiary/aromatic N) is 2. The summed E-state index contributed by atoms with van der Waals surface area (Å²) in [6.45, 7) is 8.94. The van der Waals surface area contributed by atoms with Crippen LogP contribution >= 0.6 is 0 Å². The van der Waals surface area contributed by atoms with Crippen LogP contribution in [-0.2, 0) is 14.8 Å². The molecule has 0 aliphatic carbocycles. The molecular weight excluding hydrogens is 340 g/mol. The van der Waals surface area contributed by atoms with E-state index in [2.05, 4.69) is 15.5 Å². The number of unbranched alkanes of at least 4 members (excludes halogenated alkanes) is 1. The first-order valence-electron chi connectivity index (χ1n) is 9.71. The van der Waals surface area contributed by atoms with Gasteiger partial charge in [-0.1, -0.05) is 13.3 Å². The van der Waals surface area contributed by atoms with Gasteiger partial charge in [0, 0.05) is 51.7 Å². The van der Waals surface area contributed by atoms with Crippen LogP contribution in [0.1, 0.15) is 39.0 Å². The summed E-state index contributed by atoms with van der Waals surface area (Å²) in [6.07, 6.45) is 3.82. The Hall–Kier alpha value is -0.700. The second kappa shape index (κ2) is 10.4. The molecule has 2 rings (SSSR count). The summed E-state index contributed by atoms with van der Waals surface area (Å²) in [5.74, 6) is 0.273. The summed E-state index contributed by atoms with van der Waals surface area (Å²) in [7, 11) is -3.14. The summed E-state index contributed by atoms with van der Waals surface area (Å²) < 4.78 is 26.0. The predicted octanol–water partition coefficient (Wildman–Crippen LogP) is 0.240. The largest absolute Gasteiger partial charge is 0.356 e. The first-order valence-corrected chi connectivity index (χ1v) is 11.3. The fraction of sp³-hybridized carbons (Fsp3) is 0.941. The van der Waals surface area contributed by atoms with Crippen LogP contribution in [0.15, 0.2) is 0 Å². The molecule has 0 unspecified atom stereocenters. The molecule has 0 radical (unpaired) electrons. The predicted molar refractivity (Wildman–Crippen MR) is 99.9 cm³/mol. The molecule has 146 valence electrons. The van der Waals surface area contributed by atoms with Crippen LogP contribution < -0.4 is 10.6 Å². The molecule has 1 amide bonds. The Morgan fingerprint density at radius 1 is 1.12 bits per heavy atom. The summed E-state index contributed by atoms with van der Waals surface area (Å²) in [5, 5.41) is 6.36. The van der Waals surface area contributed by atoms with Gasteiger partial charge in [-0.15, -0.1) is 0 Å². The smallest absolute Gasteiger partial charge is 0.223 e. The van der Waals surface area contributed by atoms with E-state index in [0.717, 1.165) is 45.6 Å². The van der Waals surface area contributed by atoms with Gasteiger partial charge < -0.3 is 15.5 Å². The van der Waals surface area contributed by atoms with E-state index in [1.54, 1.807) is 4.31 Å². The molecule has 2 fully saturated rings. The zero-order valence-corrected chi connectivity index (χ0v) is 16.3. The van der Waals surface area contributed by atoms with E-state index in [4.69, 9.17) is 0 Å². The number of hydrogen-bond donors (Lipinski definition) is 2. The second-order valence-corrected chi connectivity index (χ2v) is 9.17. The summed E-state index contributed by atoms with van der Waals surface area (Å²) >= 11 is 0. The Kier molecular flexibility index (Phi) is 8.61. The molecular formula is C17H34N4O3S. The van der Waals surface area contributed by atoms with Crippen LogP contribution in [0.2, 0.25) is 0 Å². The minimum absolute atomic E-state index is 0.0446. The van der Waals surface area contributed by atoms with Crippen molar-refractivity contribution in [2.24, 2.45) is 5.92 Å². The van der Waals surface area contributed by atoms with Crippen LogP contribution in [0, 0.1) is 5.92 Å². The van der Waals surface area contributed by atoms with Gasteiger partial charge in [0.1, 0.15) is 0 Å². The lowest BCUT2D eigenvalue weighted by Crippen LogP contribution is -2.45. The zero-order valence-electron chi connectivity index (χ0n) is 15.5. The molecule has 2 aliphatic heterocycles. The molecule has 0 aromatic carbocycles. The van der Waals surface area contributed by atoms with Gasteiger partial charge in [0.15, 0.2) is 0 Å². The number of nitrogens with one attached hydrogen (secondary N) is 2. The lowest BCUT2D eigenvalue weighted by atomic mass is 9.97. The Labute approximate surface area is 152 Å². The number of piperazine rings is 1. The lowest BCUT2D eigenvalue weighted by Gasteiger charge is -2.30. The minimum Gasteiger partial charge on any atom is -0.356 e. The van der Waals surface area contributed by atoms with Crippen LogP contribution in [0.3, 0.4) is 0 Å². The van der Waals surface area contributed by atoms with Crippen molar-refractivity contribution in [3.63, 3.8) is 0 Å². The van der Waals surface area contributed by atoms with Gasteiger partial charge in [0.05, 0.1) is 5.75 Å². The molecule has 25 heavy (non-hydrogen) atoms. The molecule has 0 atom stereocenters. The Balaban J connectivity index is 1.62. The molecule has 2 saturated heterocycles. The molecule has 0 aromatic heterocycles. The Morgan fingerprint density at radius 2 is 1.80 bits per heavy atom. The van der Waals surface area contributed by atoms with Gasteiger partial charge in [0.25, 0.3) is 0 Å². The fourth-order valence-electron chi connectivity index (χ4n) is 3.45. The highest BCUT2D eigenvalue weighted by molar-refractivity contribution is 7.89. The van der Waals surface area contributed by atoms with Crippen LogP contribution in [0.4, 0.5) is 0 Å². The van der Waals surface area contributed by atoms with Crippen molar-refractivity contribution in [3.8, 4) is 0 Å². The molecule has 0 spiro atoms. The zero-order chi connectivity index (χ0) is 18.1. The van der Waals surface area contributed by atoms with Gasteiger partial charge in [-0.2, -0.15) is 0 Å². The SMILES string of the molecule is CCCCS(=O)(=O)N1CCC(C(=O)NCCCN2CCNCC2)CC1. The number of sulfonamides is 1. The van der Waals surface area contributed by atoms with Crippen LogP contribution in [0.25, 0.3) is 0 Å². The van der Waals surface area contributed by atoms with Crippen molar-refractivity contribution in [1.29, 1.82) is 0 Å². The molecule has 2 heterocycles. The molecule has 0 saturated carbocycles. The maximum absolute atomic E-state index is 12.3. The van der Waals surface area contributed by atoms with Crippen molar-refractivity contribution < 1.29 is 13.2 Å². The van der Waals surface area contributed by atoms with Crippen molar-refractivity contribution in [3.05, 3.63) is 0 Å². The highest BCUT2D eigenvalue weighted by Crippen LogP contribution is 2.20. The normalized spacial score (nSPS) is 21.3. The third-order valence-corrected chi connectivity index (χ3v) is 7.09. The molecule has 2 N–H and O–H groups in total. The third-order valence-electron chi connectivity index (χ3n) is 5.13. The minimum atomic E-state index is -3.14. The lowest BCUT2D eigenvalue weighted by molar-refractivity contribution is -0.126. The average Bonchev–Trinajstić information content (AvgIpc) is 2.64. The summed E-state index contributed by atoms with van der Waals surface area (Å²) in [4.78, 5) is 14.7. The highest BCUT2D eigenvalue weighted by atomic mass is 32.2. The number of carbonyl (C=O) groups excluding carboxylic acids is 1. The van der Waals surface area contributed by atoms with Gasteiger partial charge in [-0.3, -0.25) is 4.79 Å². The van der Waals surface area contributed by atoms with Gasteiger partial charge >= 0.3 is 0 Å². The summed E-state index contributed by atoms with van der Waals surface area (Å²) in [5.41, 5.74) is 0.